The lowest BCUT2D eigenvalue weighted by Crippen LogP contribution is -2.25. The van der Waals surface area contributed by atoms with Crippen molar-refractivity contribution >= 4 is 28.3 Å². The number of carbonyl (C=O) groups is 1. The molecule has 0 amide bonds. The maximum absolute atomic E-state index is 11.4. The molecule has 194 valence electrons. The monoisotopic (exact) mass is 514 g/mol. The Morgan fingerprint density at radius 2 is 1.86 bits per heavy atom. The van der Waals surface area contributed by atoms with Gasteiger partial charge in [0, 0.05) is 29.6 Å². The van der Waals surface area contributed by atoms with Crippen LogP contribution in [0.3, 0.4) is 0 Å². The number of thiazole rings is 1. The summed E-state index contributed by atoms with van der Waals surface area (Å²) < 4.78 is 5.87. The van der Waals surface area contributed by atoms with Gasteiger partial charge in [-0.15, -0.1) is 11.3 Å². The second-order valence-corrected chi connectivity index (χ2v) is 10.4. The second-order valence-electron chi connectivity index (χ2n) is 9.53. The smallest absolute Gasteiger partial charge is 0.186 e. The number of hydrogen-bond acceptors (Lipinski definition) is 5. The average molecular weight is 515 g/mol. The zero-order valence-electron chi connectivity index (χ0n) is 22.4. The number of hydrogen-bond donors (Lipinski definition) is 0. The van der Waals surface area contributed by atoms with Gasteiger partial charge in [-0.2, -0.15) is 0 Å². The van der Waals surface area contributed by atoms with Gasteiger partial charge in [0.25, 0.3) is 0 Å². The van der Waals surface area contributed by atoms with Crippen LogP contribution in [0, 0.1) is 5.92 Å². The van der Waals surface area contributed by atoms with Crippen molar-refractivity contribution in [2.75, 3.05) is 18.1 Å². The van der Waals surface area contributed by atoms with Gasteiger partial charge in [0.2, 0.25) is 0 Å². The maximum atomic E-state index is 11.4. The molecular weight excluding hydrogens is 476 g/mol. The molecule has 0 fully saturated rings. The predicted octanol–water partition coefficient (Wildman–Crippen LogP) is 8.17. The predicted molar refractivity (Wildman–Crippen MR) is 158 cm³/mol. The van der Waals surface area contributed by atoms with Gasteiger partial charge in [-0.25, -0.2) is 4.98 Å². The largest absolute Gasteiger partial charge is 0.494 e. The zero-order valence-corrected chi connectivity index (χ0v) is 23.2. The van der Waals surface area contributed by atoms with Gasteiger partial charge in [-0.1, -0.05) is 81.5 Å². The topological polar surface area (TPSA) is 42.4 Å². The molecule has 5 heteroatoms. The number of rotatable bonds is 10. The molecule has 0 unspecified atom stereocenters. The molecule has 1 aliphatic rings. The molecule has 37 heavy (non-hydrogen) atoms. The van der Waals surface area contributed by atoms with Crippen molar-refractivity contribution < 1.29 is 9.53 Å². The fourth-order valence-electron chi connectivity index (χ4n) is 3.77. The number of anilines is 1. The highest BCUT2D eigenvalue weighted by Crippen LogP contribution is 2.30. The highest BCUT2D eigenvalue weighted by Gasteiger charge is 2.17. The number of aldehydes is 1. The van der Waals surface area contributed by atoms with Crippen LogP contribution in [0.4, 0.5) is 5.13 Å². The Morgan fingerprint density at radius 1 is 1.08 bits per heavy atom. The SMILES string of the molecule is CC(C)C.CCOc1ccc(C=O)cc1CN(CCc1ccccc1)c1nc(C2=CC=CC=CC2)cs1. The molecule has 0 atom stereocenters. The quantitative estimate of drug-likeness (QED) is 0.256. The fourth-order valence-corrected chi connectivity index (χ4v) is 4.65. The minimum absolute atomic E-state index is 0.577. The minimum atomic E-state index is 0.577. The number of aromatic nitrogens is 1. The molecule has 0 radical (unpaired) electrons. The first-order valence-corrected chi connectivity index (χ1v) is 13.9. The summed E-state index contributed by atoms with van der Waals surface area (Å²) in [6.45, 7) is 10.5. The van der Waals surface area contributed by atoms with Crippen LogP contribution in [0.15, 0.2) is 84.3 Å². The third kappa shape index (κ3) is 9.18. The summed E-state index contributed by atoms with van der Waals surface area (Å²) in [5.41, 5.74) is 5.16. The Balaban J connectivity index is 0.000000886. The van der Waals surface area contributed by atoms with Crippen LogP contribution in [-0.4, -0.2) is 24.4 Å². The van der Waals surface area contributed by atoms with E-state index in [2.05, 4.69) is 79.6 Å². The number of ether oxygens (including phenoxy) is 1. The molecule has 0 N–H and O–H groups in total. The molecule has 0 saturated heterocycles. The zero-order chi connectivity index (χ0) is 26.5. The van der Waals surface area contributed by atoms with Crippen molar-refractivity contribution in [3.8, 4) is 5.75 Å². The first-order chi connectivity index (χ1) is 18.0. The fraction of sp³-hybridized carbons (Fsp3) is 0.312. The number of nitrogens with zero attached hydrogens (tertiary/aromatic N) is 2. The molecule has 0 aliphatic heterocycles. The van der Waals surface area contributed by atoms with Gasteiger partial charge in [-0.3, -0.25) is 4.79 Å². The van der Waals surface area contributed by atoms with Crippen molar-refractivity contribution in [3.63, 3.8) is 0 Å². The summed E-state index contributed by atoms with van der Waals surface area (Å²) in [6, 6.07) is 16.1. The van der Waals surface area contributed by atoms with Crippen LogP contribution in [0.2, 0.25) is 0 Å². The first kappa shape index (κ1) is 28.1. The molecule has 1 heterocycles. The van der Waals surface area contributed by atoms with Crippen molar-refractivity contribution in [2.45, 2.75) is 47.1 Å². The Labute approximate surface area is 226 Å². The molecule has 1 aromatic heterocycles. The lowest BCUT2D eigenvalue weighted by Gasteiger charge is -2.23. The van der Waals surface area contributed by atoms with Gasteiger partial charge >= 0.3 is 0 Å². The van der Waals surface area contributed by atoms with E-state index in [1.54, 1.807) is 17.4 Å². The first-order valence-electron chi connectivity index (χ1n) is 13.0. The molecule has 2 aromatic carbocycles. The number of carbonyl (C=O) groups excluding carboxylic acids is 1. The van der Waals surface area contributed by atoms with E-state index in [1.165, 1.54) is 11.1 Å². The minimum Gasteiger partial charge on any atom is -0.494 e. The second kappa shape index (κ2) is 15.0. The van der Waals surface area contributed by atoms with Crippen LogP contribution in [0.5, 0.6) is 5.75 Å². The third-order valence-electron chi connectivity index (χ3n) is 5.48. The van der Waals surface area contributed by atoms with Gasteiger partial charge in [0.05, 0.1) is 12.3 Å². The summed E-state index contributed by atoms with van der Waals surface area (Å²) in [7, 11) is 0. The number of allylic oxidation sites excluding steroid dienone is 6. The van der Waals surface area contributed by atoms with E-state index in [1.807, 2.05) is 31.2 Å². The van der Waals surface area contributed by atoms with Crippen LogP contribution < -0.4 is 9.64 Å². The molecule has 0 spiro atoms. The van der Waals surface area contributed by atoms with Crippen molar-refractivity contribution in [1.29, 1.82) is 0 Å². The van der Waals surface area contributed by atoms with E-state index in [4.69, 9.17) is 9.72 Å². The van der Waals surface area contributed by atoms with E-state index >= 15 is 0 Å². The molecule has 1 aliphatic carbocycles. The maximum Gasteiger partial charge on any atom is 0.186 e. The molecular formula is C32H38N2O2S. The van der Waals surface area contributed by atoms with Crippen LogP contribution >= 0.6 is 11.3 Å². The highest BCUT2D eigenvalue weighted by atomic mass is 32.1. The van der Waals surface area contributed by atoms with E-state index < -0.39 is 0 Å². The summed E-state index contributed by atoms with van der Waals surface area (Å²) >= 11 is 1.66. The van der Waals surface area contributed by atoms with Gasteiger partial charge in [0.1, 0.15) is 12.0 Å². The molecule has 4 rings (SSSR count). The molecule has 3 aromatic rings. The lowest BCUT2D eigenvalue weighted by molar-refractivity contribution is 0.112. The summed E-state index contributed by atoms with van der Waals surface area (Å²) in [6.07, 6.45) is 13.1. The van der Waals surface area contributed by atoms with Crippen LogP contribution in [-0.2, 0) is 13.0 Å². The van der Waals surface area contributed by atoms with Gasteiger partial charge in [-0.05, 0) is 55.0 Å². The Kier molecular flexibility index (Phi) is 11.4. The number of benzene rings is 2. The van der Waals surface area contributed by atoms with Gasteiger partial charge < -0.3 is 9.64 Å². The van der Waals surface area contributed by atoms with Crippen LogP contribution in [0.25, 0.3) is 5.57 Å². The van der Waals surface area contributed by atoms with E-state index in [9.17, 15) is 4.79 Å². The van der Waals surface area contributed by atoms with Crippen molar-refractivity contribution in [3.05, 3.63) is 107 Å². The summed E-state index contributed by atoms with van der Waals surface area (Å²) in [4.78, 5) is 18.7. The third-order valence-corrected chi connectivity index (χ3v) is 6.38. The molecule has 0 bridgehead atoms. The Bertz CT molecular complexity index is 1210. The summed E-state index contributed by atoms with van der Waals surface area (Å²) in [5.74, 6) is 1.64. The Hall–Kier alpha value is -3.44. The molecule has 0 saturated carbocycles. The van der Waals surface area contributed by atoms with E-state index in [-0.39, 0.29) is 0 Å². The standard InChI is InChI=1S/C28H28N2O2S.C4H10/c1-2-32-27-15-14-23(20-31)18-25(27)19-30(17-16-22-10-6-5-7-11-22)28-29-26(21-33-28)24-12-8-3-4-9-13-24;1-4(2)3/h3-12,14-15,18,20-21H,2,13,16-17,19H2,1H3;4H,1-3H3. The summed E-state index contributed by atoms with van der Waals surface area (Å²) in [5, 5.41) is 3.10. The van der Waals surface area contributed by atoms with E-state index in [0.29, 0.717) is 18.7 Å². The van der Waals surface area contributed by atoms with Crippen LogP contribution in [0.1, 0.15) is 61.3 Å². The normalized spacial score (nSPS) is 12.4. The van der Waals surface area contributed by atoms with Crippen molar-refractivity contribution in [2.24, 2.45) is 5.92 Å². The van der Waals surface area contributed by atoms with Gasteiger partial charge in [0.15, 0.2) is 5.13 Å². The Morgan fingerprint density at radius 3 is 2.59 bits per heavy atom. The average Bonchev–Trinajstić information content (AvgIpc) is 3.22. The highest BCUT2D eigenvalue weighted by molar-refractivity contribution is 7.13. The van der Waals surface area contributed by atoms with E-state index in [0.717, 1.165) is 53.7 Å². The molecule has 4 nitrogen and oxygen atoms in total. The van der Waals surface area contributed by atoms with Crippen molar-refractivity contribution in [1.82, 2.24) is 4.98 Å². The lowest BCUT2D eigenvalue weighted by atomic mass is 10.1.